The van der Waals surface area contributed by atoms with E-state index in [0.29, 0.717) is 44.1 Å². The van der Waals surface area contributed by atoms with E-state index in [1.807, 2.05) is 6.92 Å². The first-order valence-corrected chi connectivity index (χ1v) is 8.10. The van der Waals surface area contributed by atoms with Gasteiger partial charge in [0.1, 0.15) is 5.60 Å². The standard InChI is InChI=1S/C15H25N3O3/c1-2-20-15(7-9-19-10-8-15)14-17-13(21-18-14)11-16-12-5-3-4-6-12/h12,16H,2-11H2,1H3. The van der Waals surface area contributed by atoms with Gasteiger partial charge < -0.3 is 19.3 Å². The average molecular weight is 295 g/mol. The van der Waals surface area contributed by atoms with Crippen LogP contribution in [0.2, 0.25) is 0 Å². The monoisotopic (exact) mass is 295 g/mol. The van der Waals surface area contributed by atoms with Crippen LogP contribution < -0.4 is 5.32 Å². The summed E-state index contributed by atoms with van der Waals surface area (Å²) >= 11 is 0. The predicted molar refractivity (Wildman–Crippen MR) is 76.8 cm³/mol. The molecular weight excluding hydrogens is 270 g/mol. The SMILES string of the molecule is CCOC1(c2noc(CNC3CCCC3)n2)CCOCC1. The number of ether oxygens (including phenoxy) is 2. The van der Waals surface area contributed by atoms with Gasteiger partial charge in [-0.25, -0.2) is 0 Å². The highest BCUT2D eigenvalue weighted by Crippen LogP contribution is 2.34. The number of rotatable bonds is 6. The average Bonchev–Trinajstić information content (AvgIpc) is 3.18. The Balaban J connectivity index is 1.64. The van der Waals surface area contributed by atoms with Crippen molar-refractivity contribution in [3.8, 4) is 0 Å². The van der Waals surface area contributed by atoms with Gasteiger partial charge in [0.15, 0.2) is 0 Å². The summed E-state index contributed by atoms with van der Waals surface area (Å²) in [7, 11) is 0. The molecule has 0 aromatic carbocycles. The Morgan fingerprint density at radius 3 is 2.76 bits per heavy atom. The van der Waals surface area contributed by atoms with E-state index in [1.54, 1.807) is 0 Å². The van der Waals surface area contributed by atoms with Gasteiger partial charge in [0.2, 0.25) is 11.7 Å². The lowest BCUT2D eigenvalue weighted by Crippen LogP contribution is -2.37. The summed E-state index contributed by atoms with van der Waals surface area (Å²) in [5.41, 5.74) is -0.428. The van der Waals surface area contributed by atoms with Crippen molar-refractivity contribution >= 4 is 0 Å². The molecule has 21 heavy (non-hydrogen) atoms. The van der Waals surface area contributed by atoms with Crippen molar-refractivity contribution in [2.24, 2.45) is 0 Å². The van der Waals surface area contributed by atoms with Crippen LogP contribution in [0.3, 0.4) is 0 Å². The Morgan fingerprint density at radius 2 is 2.05 bits per heavy atom. The van der Waals surface area contributed by atoms with Crippen LogP contribution in [0.5, 0.6) is 0 Å². The fourth-order valence-corrected chi connectivity index (χ4v) is 3.28. The van der Waals surface area contributed by atoms with E-state index in [1.165, 1.54) is 25.7 Å². The lowest BCUT2D eigenvalue weighted by atomic mass is 9.93. The molecule has 1 aromatic heterocycles. The van der Waals surface area contributed by atoms with E-state index in [9.17, 15) is 0 Å². The molecule has 1 saturated carbocycles. The first-order valence-electron chi connectivity index (χ1n) is 8.10. The maximum Gasteiger partial charge on any atom is 0.240 e. The van der Waals surface area contributed by atoms with Crippen LogP contribution >= 0.6 is 0 Å². The molecule has 1 aliphatic carbocycles. The second-order valence-corrected chi connectivity index (χ2v) is 5.91. The fraction of sp³-hybridized carbons (Fsp3) is 0.867. The zero-order valence-corrected chi connectivity index (χ0v) is 12.8. The van der Waals surface area contributed by atoms with Crippen LogP contribution in [0.4, 0.5) is 0 Å². The molecule has 0 amide bonds. The van der Waals surface area contributed by atoms with Gasteiger partial charge in [-0.05, 0) is 19.8 Å². The first kappa shape index (κ1) is 14.9. The molecule has 1 N–H and O–H groups in total. The second kappa shape index (κ2) is 6.85. The molecule has 0 atom stereocenters. The highest BCUT2D eigenvalue weighted by molar-refractivity contribution is 5.03. The van der Waals surface area contributed by atoms with Gasteiger partial charge >= 0.3 is 0 Å². The van der Waals surface area contributed by atoms with Crippen LogP contribution in [0.15, 0.2) is 4.52 Å². The Kier molecular flexibility index (Phi) is 4.87. The largest absolute Gasteiger partial charge is 0.381 e. The van der Waals surface area contributed by atoms with Crippen molar-refractivity contribution in [1.29, 1.82) is 0 Å². The minimum atomic E-state index is -0.428. The minimum Gasteiger partial charge on any atom is -0.381 e. The van der Waals surface area contributed by atoms with E-state index >= 15 is 0 Å². The molecule has 6 nitrogen and oxygen atoms in total. The van der Waals surface area contributed by atoms with Crippen LogP contribution in [0.1, 0.15) is 57.2 Å². The Morgan fingerprint density at radius 1 is 1.29 bits per heavy atom. The zero-order valence-electron chi connectivity index (χ0n) is 12.8. The molecule has 0 spiro atoms. The van der Waals surface area contributed by atoms with Crippen molar-refractivity contribution in [3.63, 3.8) is 0 Å². The van der Waals surface area contributed by atoms with Crippen LogP contribution in [-0.4, -0.2) is 36.0 Å². The third kappa shape index (κ3) is 3.44. The molecule has 2 heterocycles. The molecular formula is C15H25N3O3. The zero-order chi connectivity index (χ0) is 14.5. The maximum atomic E-state index is 5.96. The van der Waals surface area contributed by atoms with E-state index in [0.717, 1.165) is 12.8 Å². The summed E-state index contributed by atoms with van der Waals surface area (Å²) in [5.74, 6) is 1.33. The van der Waals surface area contributed by atoms with E-state index in [-0.39, 0.29) is 0 Å². The predicted octanol–water partition coefficient (Wildman–Crippen LogP) is 2.14. The van der Waals surface area contributed by atoms with Crippen molar-refractivity contribution < 1.29 is 14.0 Å². The number of nitrogens with zero attached hydrogens (tertiary/aromatic N) is 2. The molecule has 1 aliphatic heterocycles. The lowest BCUT2D eigenvalue weighted by Gasteiger charge is -2.33. The van der Waals surface area contributed by atoms with Crippen LogP contribution in [0.25, 0.3) is 0 Å². The lowest BCUT2D eigenvalue weighted by molar-refractivity contribution is -0.118. The van der Waals surface area contributed by atoms with Gasteiger partial charge in [-0.3, -0.25) is 0 Å². The van der Waals surface area contributed by atoms with Crippen LogP contribution in [-0.2, 0) is 21.6 Å². The van der Waals surface area contributed by atoms with E-state index in [4.69, 9.17) is 14.0 Å². The quantitative estimate of drug-likeness (QED) is 0.867. The minimum absolute atomic E-state index is 0.428. The van der Waals surface area contributed by atoms with Gasteiger partial charge in [0.25, 0.3) is 0 Å². The highest BCUT2D eigenvalue weighted by Gasteiger charge is 2.39. The highest BCUT2D eigenvalue weighted by atomic mass is 16.5. The van der Waals surface area contributed by atoms with Crippen molar-refractivity contribution in [3.05, 3.63) is 11.7 Å². The summed E-state index contributed by atoms with van der Waals surface area (Å²) < 4.78 is 16.8. The molecule has 0 unspecified atom stereocenters. The number of hydrogen-bond acceptors (Lipinski definition) is 6. The summed E-state index contributed by atoms with van der Waals surface area (Å²) in [6, 6.07) is 0.601. The second-order valence-electron chi connectivity index (χ2n) is 5.91. The molecule has 118 valence electrons. The summed E-state index contributed by atoms with van der Waals surface area (Å²) in [6.45, 7) is 4.66. The van der Waals surface area contributed by atoms with Crippen molar-refractivity contribution in [2.45, 2.75) is 63.6 Å². The van der Waals surface area contributed by atoms with Crippen molar-refractivity contribution in [1.82, 2.24) is 15.5 Å². The summed E-state index contributed by atoms with van der Waals surface area (Å²) in [5, 5.41) is 7.67. The molecule has 1 saturated heterocycles. The molecule has 6 heteroatoms. The van der Waals surface area contributed by atoms with Gasteiger partial charge in [-0.1, -0.05) is 18.0 Å². The topological polar surface area (TPSA) is 69.4 Å². The van der Waals surface area contributed by atoms with Gasteiger partial charge in [-0.15, -0.1) is 0 Å². The Bertz CT molecular complexity index is 432. The van der Waals surface area contributed by atoms with Gasteiger partial charge in [-0.2, -0.15) is 4.98 Å². The van der Waals surface area contributed by atoms with E-state index < -0.39 is 5.60 Å². The number of nitrogens with one attached hydrogen (secondary N) is 1. The molecule has 1 aromatic rings. The Hall–Kier alpha value is -0.980. The summed E-state index contributed by atoms with van der Waals surface area (Å²) in [4.78, 5) is 4.56. The molecule has 3 rings (SSSR count). The summed E-state index contributed by atoms with van der Waals surface area (Å²) in [6.07, 6.45) is 6.72. The van der Waals surface area contributed by atoms with Gasteiger partial charge in [0, 0.05) is 38.7 Å². The number of aromatic nitrogens is 2. The normalized spacial score (nSPS) is 22.7. The molecule has 2 aliphatic rings. The first-order chi connectivity index (χ1) is 10.3. The maximum absolute atomic E-state index is 5.96. The molecule has 2 fully saturated rings. The third-order valence-electron chi connectivity index (χ3n) is 4.49. The fourth-order valence-electron chi connectivity index (χ4n) is 3.28. The third-order valence-corrected chi connectivity index (χ3v) is 4.49. The van der Waals surface area contributed by atoms with Gasteiger partial charge in [0.05, 0.1) is 6.54 Å². The molecule has 0 bridgehead atoms. The smallest absolute Gasteiger partial charge is 0.240 e. The molecule has 0 radical (unpaired) electrons. The van der Waals surface area contributed by atoms with E-state index in [2.05, 4.69) is 15.5 Å². The number of hydrogen-bond donors (Lipinski definition) is 1. The Labute approximate surface area is 125 Å². The van der Waals surface area contributed by atoms with Crippen LogP contribution in [0, 0.1) is 0 Å². The van der Waals surface area contributed by atoms with Crippen molar-refractivity contribution in [2.75, 3.05) is 19.8 Å².